The Hall–Kier alpha value is -3.19. The van der Waals surface area contributed by atoms with Crippen LogP contribution in [0.3, 0.4) is 0 Å². The van der Waals surface area contributed by atoms with Crippen molar-refractivity contribution in [3.05, 3.63) is 57.9 Å². The zero-order chi connectivity index (χ0) is 22.1. The molecule has 0 saturated heterocycles. The van der Waals surface area contributed by atoms with Gasteiger partial charge in [-0.2, -0.15) is 0 Å². The molecule has 0 radical (unpaired) electrons. The molecule has 1 amide bonds. The highest BCUT2D eigenvalue weighted by atomic mass is 35.5. The summed E-state index contributed by atoms with van der Waals surface area (Å²) < 4.78 is 21.9. The maximum absolute atomic E-state index is 12.5. The Balaban J connectivity index is 1.52. The molecule has 1 aliphatic heterocycles. The molecule has 1 N–H and O–H groups in total. The number of hydrogen-bond acceptors (Lipinski definition) is 6. The number of ether oxygens (including phenoxy) is 3. The van der Waals surface area contributed by atoms with Crippen molar-refractivity contribution in [3.8, 4) is 28.4 Å². The number of methoxy groups -OCH3 is 2. The summed E-state index contributed by atoms with van der Waals surface area (Å²) in [6.07, 6.45) is 0.399. The quantitative estimate of drug-likeness (QED) is 0.610. The molecule has 8 heteroatoms. The Morgan fingerprint density at radius 3 is 2.71 bits per heavy atom. The van der Waals surface area contributed by atoms with Crippen LogP contribution in [0.15, 0.2) is 34.9 Å². The second-order valence-corrected chi connectivity index (χ2v) is 7.77. The largest absolute Gasteiger partial charge is 0.497 e. The third kappa shape index (κ3) is 4.05. The van der Waals surface area contributed by atoms with E-state index in [1.165, 1.54) is 0 Å². The van der Waals surface area contributed by atoms with Crippen LogP contribution in [0.25, 0.3) is 11.1 Å². The predicted molar refractivity (Wildman–Crippen MR) is 116 cm³/mol. The molecule has 1 atom stereocenters. The topological polar surface area (TPSA) is 82.8 Å². The molecule has 1 aromatic heterocycles. The lowest BCUT2D eigenvalue weighted by molar-refractivity contribution is 0.0931. The van der Waals surface area contributed by atoms with Gasteiger partial charge in [-0.25, -0.2) is 0 Å². The SMILES string of the molecule is COc1ccc(OC)c(-c2cc(Cl)c3c(c2)CC(CNC(=O)c2c(C)noc2C)O3)c1. The third-order valence-corrected chi connectivity index (χ3v) is 5.60. The number of aromatic nitrogens is 1. The number of carbonyl (C=O) groups is 1. The third-order valence-electron chi connectivity index (χ3n) is 5.32. The molecule has 1 unspecified atom stereocenters. The highest BCUT2D eigenvalue weighted by Crippen LogP contribution is 2.42. The van der Waals surface area contributed by atoms with Crippen LogP contribution in [0.2, 0.25) is 5.02 Å². The average Bonchev–Trinajstić information content (AvgIpc) is 3.34. The molecule has 0 bridgehead atoms. The van der Waals surface area contributed by atoms with Gasteiger partial charge in [-0.15, -0.1) is 0 Å². The summed E-state index contributed by atoms with van der Waals surface area (Å²) in [6, 6.07) is 9.50. The van der Waals surface area contributed by atoms with E-state index < -0.39 is 0 Å². The second-order valence-electron chi connectivity index (χ2n) is 7.37. The highest BCUT2D eigenvalue weighted by molar-refractivity contribution is 6.32. The van der Waals surface area contributed by atoms with Crippen molar-refractivity contribution in [2.45, 2.75) is 26.4 Å². The van der Waals surface area contributed by atoms with Crippen LogP contribution in [0.1, 0.15) is 27.4 Å². The number of rotatable bonds is 6. The number of fused-ring (bicyclic) bond motifs is 1. The molecular weight excluding hydrogens is 420 g/mol. The Morgan fingerprint density at radius 2 is 2.03 bits per heavy atom. The number of amides is 1. The fraction of sp³-hybridized carbons (Fsp3) is 0.304. The maximum atomic E-state index is 12.5. The molecule has 162 valence electrons. The van der Waals surface area contributed by atoms with Crippen molar-refractivity contribution in [2.24, 2.45) is 0 Å². The lowest BCUT2D eigenvalue weighted by Crippen LogP contribution is -2.34. The summed E-state index contributed by atoms with van der Waals surface area (Å²) >= 11 is 6.54. The van der Waals surface area contributed by atoms with E-state index in [0.29, 0.717) is 40.8 Å². The Morgan fingerprint density at radius 1 is 1.23 bits per heavy atom. The highest BCUT2D eigenvalue weighted by Gasteiger charge is 2.28. The van der Waals surface area contributed by atoms with Gasteiger partial charge in [0.2, 0.25) is 0 Å². The monoisotopic (exact) mass is 442 g/mol. The number of benzene rings is 2. The smallest absolute Gasteiger partial charge is 0.256 e. The van der Waals surface area contributed by atoms with Crippen molar-refractivity contribution >= 4 is 17.5 Å². The molecule has 0 fully saturated rings. The van der Waals surface area contributed by atoms with E-state index in [2.05, 4.69) is 10.5 Å². The normalized spacial score (nSPS) is 14.7. The zero-order valence-electron chi connectivity index (χ0n) is 17.7. The van der Waals surface area contributed by atoms with Crippen molar-refractivity contribution in [1.29, 1.82) is 0 Å². The van der Waals surface area contributed by atoms with E-state index in [4.69, 9.17) is 30.3 Å². The Kier molecular flexibility index (Phi) is 5.78. The standard InChI is InChI=1S/C23H23ClN2O5/c1-12-21(13(2)31-26-12)23(27)25-11-17-8-15-7-14(9-19(24)22(15)30-17)18-10-16(28-3)5-6-20(18)29-4/h5-7,9-10,17H,8,11H2,1-4H3,(H,25,27). The van der Waals surface area contributed by atoms with Crippen LogP contribution in [-0.4, -0.2) is 37.9 Å². The van der Waals surface area contributed by atoms with Gasteiger partial charge in [0, 0.05) is 17.5 Å². The molecule has 31 heavy (non-hydrogen) atoms. The summed E-state index contributed by atoms with van der Waals surface area (Å²) in [5, 5.41) is 7.23. The van der Waals surface area contributed by atoms with Gasteiger partial charge < -0.3 is 24.1 Å². The van der Waals surface area contributed by atoms with Crippen LogP contribution in [0, 0.1) is 13.8 Å². The summed E-state index contributed by atoms with van der Waals surface area (Å²) in [7, 11) is 3.25. The first-order valence-electron chi connectivity index (χ1n) is 9.83. The minimum Gasteiger partial charge on any atom is -0.497 e. The van der Waals surface area contributed by atoms with Gasteiger partial charge >= 0.3 is 0 Å². The first-order chi connectivity index (χ1) is 14.9. The van der Waals surface area contributed by atoms with E-state index in [0.717, 1.165) is 28.2 Å². The molecule has 7 nitrogen and oxygen atoms in total. The Labute approximate surface area is 185 Å². The Bertz CT molecular complexity index is 1120. The summed E-state index contributed by atoms with van der Waals surface area (Å²) in [5.74, 6) is 2.35. The minimum absolute atomic E-state index is 0.223. The summed E-state index contributed by atoms with van der Waals surface area (Å²) in [6.45, 7) is 3.79. The van der Waals surface area contributed by atoms with Gasteiger partial charge in [-0.3, -0.25) is 4.79 Å². The van der Waals surface area contributed by atoms with Crippen LogP contribution in [0.4, 0.5) is 0 Å². The van der Waals surface area contributed by atoms with Crippen LogP contribution >= 0.6 is 11.6 Å². The van der Waals surface area contributed by atoms with E-state index in [1.807, 2.05) is 30.3 Å². The van der Waals surface area contributed by atoms with E-state index in [1.54, 1.807) is 28.1 Å². The molecular formula is C23H23ClN2O5. The fourth-order valence-electron chi connectivity index (χ4n) is 3.80. The van der Waals surface area contributed by atoms with Crippen molar-refractivity contribution < 1.29 is 23.5 Å². The number of nitrogens with zero attached hydrogens (tertiary/aromatic N) is 1. The second kappa shape index (κ2) is 8.51. The summed E-state index contributed by atoms with van der Waals surface area (Å²) in [4.78, 5) is 12.5. The lowest BCUT2D eigenvalue weighted by Gasteiger charge is -2.13. The number of nitrogens with one attached hydrogen (secondary N) is 1. The molecule has 1 aliphatic rings. The van der Waals surface area contributed by atoms with Gasteiger partial charge in [0.15, 0.2) is 0 Å². The molecule has 0 spiro atoms. The number of carbonyl (C=O) groups excluding carboxylic acids is 1. The lowest BCUT2D eigenvalue weighted by atomic mass is 9.99. The van der Waals surface area contributed by atoms with Gasteiger partial charge in [-0.05, 0) is 49.7 Å². The first-order valence-corrected chi connectivity index (χ1v) is 10.2. The first kappa shape index (κ1) is 21.1. The summed E-state index contributed by atoms with van der Waals surface area (Å²) in [5.41, 5.74) is 3.78. The molecule has 2 heterocycles. The van der Waals surface area contributed by atoms with Crippen LogP contribution in [-0.2, 0) is 6.42 Å². The minimum atomic E-state index is -0.233. The predicted octanol–water partition coefficient (Wildman–Crippen LogP) is 4.36. The number of halogens is 1. The van der Waals surface area contributed by atoms with E-state index in [-0.39, 0.29) is 12.0 Å². The molecule has 2 aromatic carbocycles. The van der Waals surface area contributed by atoms with Gasteiger partial charge in [0.1, 0.15) is 34.7 Å². The fourth-order valence-corrected chi connectivity index (χ4v) is 4.08. The van der Waals surface area contributed by atoms with Gasteiger partial charge in [-0.1, -0.05) is 16.8 Å². The number of hydrogen-bond donors (Lipinski definition) is 1. The maximum Gasteiger partial charge on any atom is 0.256 e. The molecule has 0 aliphatic carbocycles. The van der Waals surface area contributed by atoms with E-state index in [9.17, 15) is 4.79 Å². The average molecular weight is 443 g/mol. The van der Waals surface area contributed by atoms with Crippen LogP contribution in [0.5, 0.6) is 17.2 Å². The van der Waals surface area contributed by atoms with Gasteiger partial charge in [0.05, 0.1) is 31.5 Å². The van der Waals surface area contributed by atoms with E-state index >= 15 is 0 Å². The number of aryl methyl sites for hydroxylation is 2. The van der Waals surface area contributed by atoms with Crippen molar-refractivity contribution in [3.63, 3.8) is 0 Å². The van der Waals surface area contributed by atoms with Crippen molar-refractivity contribution in [1.82, 2.24) is 10.5 Å². The molecule has 3 aromatic rings. The molecule has 4 rings (SSSR count). The molecule has 0 saturated carbocycles. The van der Waals surface area contributed by atoms with Gasteiger partial charge in [0.25, 0.3) is 5.91 Å². The van der Waals surface area contributed by atoms with Crippen molar-refractivity contribution in [2.75, 3.05) is 20.8 Å². The van der Waals surface area contributed by atoms with Crippen LogP contribution < -0.4 is 19.5 Å². The zero-order valence-corrected chi connectivity index (χ0v) is 18.5.